The van der Waals surface area contributed by atoms with Gasteiger partial charge < -0.3 is 9.67 Å². The molecule has 0 fully saturated rings. The lowest BCUT2D eigenvalue weighted by Gasteiger charge is -2.02. The third kappa shape index (κ3) is 2.90. The summed E-state index contributed by atoms with van der Waals surface area (Å²) in [4.78, 5) is 27.9. The van der Waals surface area contributed by atoms with Crippen LogP contribution in [0.1, 0.15) is 44.6 Å². The molecule has 0 aromatic carbocycles. The lowest BCUT2D eigenvalue weighted by molar-refractivity contribution is 0.0685. The monoisotopic (exact) mass is 278 g/mol. The summed E-state index contributed by atoms with van der Waals surface area (Å²) in [5, 5.41) is 9.98. The summed E-state index contributed by atoms with van der Waals surface area (Å²) >= 11 is 1.56. The zero-order valence-corrected chi connectivity index (χ0v) is 11.5. The first-order valence-corrected chi connectivity index (χ1v) is 6.71. The van der Waals surface area contributed by atoms with Crippen LogP contribution in [0.3, 0.4) is 0 Å². The lowest BCUT2D eigenvalue weighted by Crippen LogP contribution is -2.08. The Morgan fingerprint density at radius 3 is 2.74 bits per heavy atom. The summed E-state index contributed by atoms with van der Waals surface area (Å²) in [6.07, 6.45) is 4.28. The number of hydrogen-bond acceptors (Lipinski definition) is 4. The van der Waals surface area contributed by atoms with Crippen molar-refractivity contribution in [2.24, 2.45) is 0 Å². The number of carbonyl (C=O) groups is 2. The van der Waals surface area contributed by atoms with Gasteiger partial charge in [0, 0.05) is 22.8 Å². The summed E-state index contributed by atoms with van der Waals surface area (Å²) in [5.74, 6) is -1.19. The molecule has 0 aliphatic rings. The molecule has 0 radical (unpaired) electrons. The first kappa shape index (κ1) is 13.5. The van der Waals surface area contributed by atoms with Crippen LogP contribution in [0.25, 0.3) is 0 Å². The van der Waals surface area contributed by atoms with E-state index < -0.39 is 5.97 Å². The van der Waals surface area contributed by atoms with Crippen LogP contribution in [0, 0.1) is 0 Å². The van der Waals surface area contributed by atoms with Gasteiger partial charge >= 0.3 is 5.97 Å². The number of carboxylic acid groups (broad SMARTS) is 1. The van der Waals surface area contributed by atoms with Gasteiger partial charge in [-0.1, -0.05) is 6.92 Å². The predicted molar refractivity (Wildman–Crippen MR) is 72.0 cm³/mol. The molecule has 0 spiro atoms. The smallest absolute Gasteiger partial charge is 0.352 e. The molecule has 0 amide bonds. The van der Waals surface area contributed by atoms with E-state index in [-0.39, 0.29) is 11.5 Å². The quantitative estimate of drug-likeness (QED) is 0.853. The van der Waals surface area contributed by atoms with Crippen molar-refractivity contribution >= 4 is 23.1 Å². The predicted octanol–water partition coefficient (Wildman–Crippen LogP) is 2.46. The molecule has 0 saturated carbocycles. The van der Waals surface area contributed by atoms with Gasteiger partial charge in [-0.3, -0.25) is 4.79 Å². The Morgan fingerprint density at radius 1 is 1.47 bits per heavy atom. The number of thiazole rings is 1. The minimum absolute atomic E-state index is 0.110. The van der Waals surface area contributed by atoms with E-state index in [1.54, 1.807) is 28.3 Å². The molecule has 0 atom stereocenters. The van der Waals surface area contributed by atoms with Crippen LogP contribution in [-0.2, 0) is 13.0 Å². The second kappa shape index (κ2) is 5.36. The number of nitrogens with zero attached hydrogens (tertiary/aromatic N) is 2. The number of Topliss-reactive ketones (excluding diaryl/α,β-unsaturated/α-hetero) is 1. The lowest BCUT2D eigenvalue weighted by atomic mass is 10.2. The topological polar surface area (TPSA) is 72.2 Å². The van der Waals surface area contributed by atoms with Crippen LogP contribution < -0.4 is 0 Å². The van der Waals surface area contributed by atoms with Gasteiger partial charge in [-0.05, 0) is 19.4 Å². The Bertz CT molecular complexity index is 628. The second-order valence-corrected chi connectivity index (χ2v) is 5.38. The average molecular weight is 278 g/mol. The Hall–Kier alpha value is -1.95. The van der Waals surface area contributed by atoms with E-state index in [9.17, 15) is 9.59 Å². The van der Waals surface area contributed by atoms with Gasteiger partial charge in [-0.15, -0.1) is 11.3 Å². The van der Waals surface area contributed by atoms with Crippen molar-refractivity contribution in [2.45, 2.75) is 26.8 Å². The molecule has 5 nitrogen and oxygen atoms in total. The van der Waals surface area contributed by atoms with Crippen LogP contribution >= 0.6 is 11.3 Å². The molecule has 100 valence electrons. The molecule has 0 unspecified atom stereocenters. The fourth-order valence-electron chi connectivity index (χ4n) is 1.74. The molecular weight excluding hydrogens is 264 g/mol. The van der Waals surface area contributed by atoms with Crippen LogP contribution in [0.15, 0.2) is 18.5 Å². The molecule has 6 heteroatoms. The van der Waals surface area contributed by atoms with Crippen LogP contribution in [0.5, 0.6) is 0 Å². The molecule has 0 aliphatic heterocycles. The van der Waals surface area contributed by atoms with Gasteiger partial charge in [0.1, 0.15) is 10.7 Å². The Kier molecular flexibility index (Phi) is 3.80. The fourth-order valence-corrected chi connectivity index (χ4v) is 2.60. The summed E-state index contributed by atoms with van der Waals surface area (Å²) in [5.41, 5.74) is 0.517. The number of rotatable bonds is 5. The maximum Gasteiger partial charge on any atom is 0.352 e. The Balaban J connectivity index is 2.32. The van der Waals surface area contributed by atoms with Gasteiger partial charge in [-0.2, -0.15) is 0 Å². The van der Waals surface area contributed by atoms with Crippen molar-refractivity contribution in [3.8, 4) is 0 Å². The van der Waals surface area contributed by atoms with Gasteiger partial charge in [0.15, 0.2) is 5.78 Å². The van der Waals surface area contributed by atoms with Gasteiger partial charge in [0.2, 0.25) is 0 Å². The minimum Gasteiger partial charge on any atom is -0.477 e. The first-order valence-electron chi connectivity index (χ1n) is 5.89. The minimum atomic E-state index is -1.04. The maximum absolute atomic E-state index is 11.3. The van der Waals surface area contributed by atoms with E-state index >= 15 is 0 Å². The highest BCUT2D eigenvalue weighted by Crippen LogP contribution is 2.17. The molecule has 19 heavy (non-hydrogen) atoms. The SMILES string of the molecule is CCc1cnc(Cn2cc(C(C)=O)cc2C(=O)O)s1. The van der Waals surface area contributed by atoms with E-state index in [1.165, 1.54) is 13.0 Å². The molecule has 2 aromatic heterocycles. The molecule has 2 aromatic rings. The summed E-state index contributed by atoms with van der Waals surface area (Å²) in [6.45, 7) is 3.84. The number of aromatic carboxylic acids is 1. The summed E-state index contributed by atoms with van der Waals surface area (Å²) in [6, 6.07) is 1.40. The number of carbonyl (C=O) groups excluding carboxylic acids is 1. The maximum atomic E-state index is 11.3. The molecule has 2 heterocycles. The third-order valence-corrected chi connectivity index (χ3v) is 3.90. The zero-order chi connectivity index (χ0) is 14.0. The van der Waals surface area contributed by atoms with Crippen molar-refractivity contribution in [1.29, 1.82) is 0 Å². The number of ketones is 1. The standard InChI is InChI=1S/C13H14N2O3S/c1-3-10-5-14-12(19-10)7-15-6-9(8(2)16)4-11(15)13(17)18/h4-6H,3,7H2,1-2H3,(H,17,18). The van der Waals surface area contributed by atoms with Crippen LogP contribution in [0.2, 0.25) is 0 Å². The fraction of sp³-hybridized carbons (Fsp3) is 0.308. The number of aryl methyl sites for hydroxylation is 1. The number of hydrogen-bond donors (Lipinski definition) is 1. The van der Waals surface area contributed by atoms with Gasteiger partial charge in [-0.25, -0.2) is 9.78 Å². The highest BCUT2D eigenvalue weighted by atomic mass is 32.1. The summed E-state index contributed by atoms with van der Waals surface area (Å²) in [7, 11) is 0. The molecule has 1 N–H and O–H groups in total. The Labute approximate surface area is 114 Å². The Morgan fingerprint density at radius 2 is 2.21 bits per heavy atom. The van der Waals surface area contributed by atoms with Gasteiger partial charge in [0.05, 0.1) is 6.54 Å². The highest BCUT2D eigenvalue weighted by molar-refractivity contribution is 7.11. The van der Waals surface area contributed by atoms with Crippen molar-refractivity contribution in [1.82, 2.24) is 9.55 Å². The summed E-state index contributed by atoms with van der Waals surface area (Å²) < 4.78 is 1.55. The molecular formula is C13H14N2O3S. The highest BCUT2D eigenvalue weighted by Gasteiger charge is 2.15. The number of carboxylic acids is 1. The normalized spacial score (nSPS) is 10.6. The largest absolute Gasteiger partial charge is 0.477 e. The second-order valence-electron chi connectivity index (χ2n) is 4.18. The molecule has 0 saturated heterocycles. The van der Waals surface area contributed by atoms with E-state index in [1.807, 2.05) is 6.92 Å². The van der Waals surface area contributed by atoms with Crippen molar-refractivity contribution in [2.75, 3.05) is 0 Å². The first-order chi connectivity index (χ1) is 9.01. The van der Waals surface area contributed by atoms with E-state index in [2.05, 4.69) is 4.98 Å². The zero-order valence-electron chi connectivity index (χ0n) is 10.7. The average Bonchev–Trinajstić information content (AvgIpc) is 2.96. The third-order valence-electron chi connectivity index (χ3n) is 2.78. The number of aromatic nitrogens is 2. The molecule has 2 rings (SSSR count). The molecule has 0 aliphatic carbocycles. The molecule has 0 bridgehead atoms. The van der Waals surface area contributed by atoms with E-state index in [0.717, 1.165) is 16.3 Å². The van der Waals surface area contributed by atoms with Gasteiger partial charge in [0.25, 0.3) is 0 Å². The van der Waals surface area contributed by atoms with Crippen LogP contribution in [-0.4, -0.2) is 26.4 Å². The van der Waals surface area contributed by atoms with Crippen molar-refractivity contribution < 1.29 is 14.7 Å². The van der Waals surface area contributed by atoms with E-state index in [4.69, 9.17) is 5.11 Å². The van der Waals surface area contributed by atoms with Crippen molar-refractivity contribution in [3.05, 3.63) is 39.6 Å². The van der Waals surface area contributed by atoms with Crippen molar-refractivity contribution in [3.63, 3.8) is 0 Å². The van der Waals surface area contributed by atoms with E-state index in [0.29, 0.717) is 12.1 Å². The van der Waals surface area contributed by atoms with Crippen LogP contribution in [0.4, 0.5) is 0 Å².